The molecule has 3 rings (SSSR count). The van der Waals surface area contributed by atoms with Crippen molar-refractivity contribution in [1.82, 2.24) is 9.62 Å². The van der Waals surface area contributed by atoms with E-state index in [0.29, 0.717) is 30.1 Å². The topological polar surface area (TPSA) is 49.4 Å². The smallest absolute Gasteiger partial charge is 0.243 e. The van der Waals surface area contributed by atoms with Crippen LogP contribution in [0.2, 0.25) is 0 Å². The zero-order chi connectivity index (χ0) is 14.3. The van der Waals surface area contributed by atoms with Crippen LogP contribution in [0.15, 0.2) is 23.1 Å². The van der Waals surface area contributed by atoms with Crippen LogP contribution >= 0.6 is 0 Å². The Kier molecular flexibility index (Phi) is 3.60. The van der Waals surface area contributed by atoms with E-state index in [0.717, 1.165) is 24.0 Å². The molecule has 2 aliphatic rings. The van der Waals surface area contributed by atoms with E-state index in [-0.39, 0.29) is 0 Å². The third-order valence-corrected chi connectivity index (χ3v) is 6.46. The molecule has 0 spiro atoms. The van der Waals surface area contributed by atoms with Crippen molar-refractivity contribution in [3.8, 4) is 0 Å². The first-order chi connectivity index (χ1) is 9.46. The van der Waals surface area contributed by atoms with E-state index in [2.05, 4.69) is 5.32 Å². The molecule has 1 N–H and O–H groups in total. The fourth-order valence-electron chi connectivity index (χ4n) is 3.36. The highest BCUT2D eigenvalue weighted by Gasteiger charge is 2.35. The molecule has 4 nitrogen and oxygen atoms in total. The molecule has 0 amide bonds. The minimum absolute atomic E-state index is 0.322. The second-order valence-corrected chi connectivity index (χ2v) is 7.96. The van der Waals surface area contributed by atoms with Crippen molar-refractivity contribution in [2.45, 2.75) is 50.1 Å². The number of sulfonamides is 1. The normalized spacial score (nSPS) is 27.5. The summed E-state index contributed by atoms with van der Waals surface area (Å²) < 4.78 is 27.4. The Morgan fingerprint density at radius 3 is 2.65 bits per heavy atom. The first-order valence-electron chi connectivity index (χ1n) is 7.30. The van der Waals surface area contributed by atoms with Gasteiger partial charge in [-0.1, -0.05) is 17.7 Å². The maximum absolute atomic E-state index is 12.8. The molecule has 0 radical (unpaired) electrons. The van der Waals surface area contributed by atoms with Crippen molar-refractivity contribution in [3.05, 3.63) is 29.3 Å². The number of hydrogen-bond acceptors (Lipinski definition) is 3. The van der Waals surface area contributed by atoms with E-state index in [9.17, 15) is 8.42 Å². The molecule has 2 unspecified atom stereocenters. The molecular weight excluding hydrogens is 272 g/mol. The molecule has 2 fully saturated rings. The average molecular weight is 294 g/mol. The minimum Gasteiger partial charge on any atom is -0.310 e. The Bertz CT molecular complexity index is 612. The molecular formula is C15H22N2O2S. The van der Waals surface area contributed by atoms with Crippen LogP contribution in [0.5, 0.6) is 0 Å². The summed E-state index contributed by atoms with van der Waals surface area (Å²) in [6, 6.07) is 6.38. The van der Waals surface area contributed by atoms with Crippen LogP contribution in [0.3, 0.4) is 0 Å². The summed E-state index contributed by atoms with van der Waals surface area (Å²) >= 11 is 0. The number of benzene rings is 1. The van der Waals surface area contributed by atoms with Gasteiger partial charge in [-0.25, -0.2) is 8.42 Å². The highest BCUT2D eigenvalue weighted by molar-refractivity contribution is 7.89. The van der Waals surface area contributed by atoms with E-state index in [1.807, 2.05) is 26.0 Å². The second kappa shape index (κ2) is 5.13. The molecule has 0 aromatic heterocycles. The third kappa shape index (κ3) is 2.50. The van der Waals surface area contributed by atoms with Gasteiger partial charge in [-0.15, -0.1) is 0 Å². The van der Waals surface area contributed by atoms with E-state index >= 15 is 0 Å². The average Bonchev–Trinajstić information content (AvgIpc) is 2.67. The van der Waals surface area contributed by atoms with Gasteiger partial charge in [0.25, 0.3) is 0 Å². The number of nitrogens with zero attached hydrogens (tertiary/aromatic N) is 1. The lowest BCUT2D eigenvalue weighted by Gasteiger charge is -2.24. The zero-order valence-electron chi connectivity index (χ0n) is 12.1. The van der Waals surface area contributed by atoms with Gasteiger partial charge in [0, 0.05) is 25.2 Å². The highest BCUT2D eigenvalue weighted by atomic mass is 32.2. The summed E-state index contributed by atoms with van der Waals surface area (Å²) in [7, 11) is -3.36. The fraction of sp³-hybridized carbons (Fsp3) is 0.600. The number of aryl methyl sites for hydroxylation is 2. The molecule has 2 bridgehead atoms. The zero-order valence-corrected chi connectivity index (χ0v) is 12.9. The summed E-state index contributed by atoms with van der Waals surface area (Å²) in [6.07, 6.45) is 3.19. The van der Waals surface area contributed by atoms with Crippen LogP contribution in [0.25, 0.3) is 0 Å². The van der Waals surface area contributed by atoms with Crippen LogP contribution in [-0.2, 0) is 10.0 Å². The van der Waals surface area contributed by atoms with Crippen molar-refractivity contribution in [2.75, 3.05) is 13.1 Å². The molecule has 2 atom stereocenters. The van der Waals surface area contributed by atoms with Gasteiger partial charge in [-0.2, -0.15) is 4.31 Å². The molecule has 0 saturated carbocycles. The van der Waals surface area contributed by atoms with Crippen LogP contribution in [0, 0.1) is 13.8 Å². The molecule has 2 heterocycles. The van der Waals surface area contributed by atoms with Gasteiger partial charge in [0.2, 0.25) is 10.0 Å². The molecule has 1 aromatic rings. The Labute approximate surface area is 121 Å². The maximum atomic E-state index is 12.8. The Morgan fingerprint density at radius 1 is 1.15 bits per heavy atom. The van der Waals surface area contributed by atoms with Gasteiger partial charge in [0.15, 0.2) is 0 Å². The predicted octanol–water partition coefficient (Wildman–Crippen LogP) is 1.82. The minimum atomic E-state index is -3.36. The third-order valence-electron chi connectivity index (χ3n) is 4.43. The molecule has 110 valence electrons. The summed E-state index contributed by atoms with van der Waals surface area (Å²) in [5, 5.41) is 3.52. The summed E-state index contributed by atoms with van der Waals surface area (Å²) in [5.41, 5.74) is 1.94. The van der Waals surface area contributed by atoms with E-state index in [1.54, 1.807) is 10.4 Å². The quantitative estimate of drug-likeness (QED) is 0.905. The van der Waals surface area contributed by atoms with Gasteiger partial charge in [-0.3, -0.25) is 0 Å². The number of rotatable bonds is 2. The van der Waals surface area contributed by atoms with Crippen LogP contribution in [0.4, 0.5) is 0 Å². The second-order valence-electron chi connectivity index (χ2n) is 6.06. The molecule has 20 heavy (non-hydrogen) atoms. The summed E-state index contributed by atoms with van der Waals surface area (Å²) in [4.78, 5) is 0.459. The van der Waals surface area contributed by atoms with Gasteiger partial charge in [0.1, 0.15) is 0 Å². The van der Waals surface area contributed by atoms with Crippen molar-refractivity contribution in [3.63, 3.8) is 0 Å². The van der Waals surface area contributed by atoms with Crippen molar-refractivity contribution < 1.29 is 8.42 Å². The number of fused-ring (bicyclic) bond motifs is 2. The van der Waals surface area contributed by atoms with Gasteiger partial charge < -0.3 is 5.32 Å². The lowest BCUT2D eigenvalue weighted by Crippen LogP contribution is -2.39. The lowest BCUT2D eigenvalue weighted by molar-refractivity contribution is 0.383. The Balaban J connectivity index is 1.91. The van der Waals surface area contributed by atoms with Crippen molar-refractivity contribution in [1.29, 1.82) is 0 Å². The van der Waals surface area contributed by atoms with Crippen molar-refractivity contribution >= 4 is 10.0 Å². The van der Waals surface area contributed by atoms with Crippen LogP contribution in [0.1, 0.15) is 30.4 Å². The Morgan fingerprint density at radius 2 is 1.90 bits per heavy atom. The van der Waals surface area contributed by atoms with Gasteiger partial charge >= 0.3 is 0 Å². The predicted molar refractivity (Wildman–Crippen MR) is 79.2 cm³/mol. The van der Waals surface area contributed by atoms with E-state index in [4.69, 9.17) is 0 Å². The fourth-order valence-corrected chi connectivity index (χ4v) is 5.06. The highest BCUT2D eigenvalue weighted by Crippen LogP contribution is 2.26. The monoisotopic (exact) mass is 294 g/mol. The number of hydrogen-bond donors (Lipinski definition) is 1. The molecule has 2 saturated heterocycles. The molecule has 5 heteroatoms. The van der Waals surface area contributed by atoms with Crippen LogP contribution < -0.4 is 5.32 Å². The SMILES string of the molecule is Cc1ccc(S(=O)(=O)N2CCC3CCC(C2)N3)c(C)c1. The van der Waals surface area contributed by atoms with E-state index < -0.39 is 10.0 Å². The first-order valence-corrected chi connectivity index (χ1v) is 8.74. The molecule has 1 aromatic carbocycles. The number of nitrogens with one attached hydrogen (secondary N) is 1. The molecule has 0 aliphatic carbocycles. The lowest BCUT2D eigenvalue weighted by atomic mass is 10.1. The molecule has 2 aliphatic heterocycles. The Hall–Kier alpha value is -0.910. The van der Waals surface area contributed by atoms with Gasteiger partial charge in [0.05, 0.1) is 4.90 Å². The standard InChI is InChI=1S/C15H22N2O2S/c1-11-3-6-15(12(2)9-11)20(18,19)17-8-7-13-4-5-14(10-17)16-13/h3,6,9,13-14,16H,4-5,7-8,10H2,1-2H3. The van der Waals surface area contributed by atoms with Gasteiger partial charge in [-0.05, 0) is 44.7 Å². The van der Waals surface area contributed by atoms with Crippen molar-refractivity contribution in [2.24, 2.45) is 0 Å². The summed E-state index contributed by atoms with van der Waals surface area (Å²) in [5.74, 6) is 0. The van der Waals surface area contributed by atoms with E-state index in [1.165, 1.54) is 6.42 Å². The first kappa shape index (κ1) is 14.0. The summed E-state index contributed by atoms with van der Waals surface area (Å²) in [6.45, 7) is 5.09. The van der Waals surface area contributed by atoms with Crippen LogP contribution in [-0.4, -0.2) is 37.9 Å². The largest absolute Gasteiger partial charge is 0.310 e. The maximum Gasteiger partial charge on any atom is 0.243 e.